The predicted molar refractivity (Wildman–Crippen MR) is 99.3 cm³/mol. The Bertz CT molecular complexity index is 917. The zero-order chi connectivity index (χ0) is 17.1. The molecule has 0 aliphatic rings. The molecule has 3 aromatic rings. The number of thiazole rings is 1. The van der Waals surface area contributed by atoms with Crippen LogP contribution in [-0.2, 0) is 0 Å². The van der Waals surface area contributed by atoms with E-state index in [9.17, 15) is 10.1 Å². The summed E-state index contributed by atoms with van der Waals surface area (Å²) in [7, 11) is 0. The molecule has 0 atom stereocenters. The second kappa shape index (κ2) is 6.95. The first-order chi connectivity index (χ1) is 11.5. The Hall–Kier alpha value is -2.50. The van der Waals surface area contributed by atoms with Gasteiger partial charge < -0.3 is 0 Å². The Morgan fingerprint density at radius 1 is 1.17 bits per heavy atom. The zero-order valence-electron chi connectivity index (χ0n) is 12.8. The maximum absolute atomic E-state index is 10.9. The van der Waals surface area contributed by atoms with Gasteiger partial charge in [0.15, 0.2) is 0 Å². The van der Waals surface area contributed by atoms with Crippen LogP contribution in [0.2, 0.25) is 5.02 Å². The molecule has 0 radical (unpaired) electrons. The molecule has 2 aromatic carbocycles. The van der Waals surface area contributed by atoms with Gasteiger partial charge in [-0.2, -0.15) is 0 Å². The molecular formula is C18H13ClN2O2S. The monoisotopic (exact) mass is 356 g/mol. The van der Waals surface area contributed by atoms with Crippen molar-refractivity contribution in [3.05, 3.63) is 79.1 Å². The molecule has 0 N–H and O–H groups in total. The summed E-state index contributed by atoms with van der Waals surface area (Å²) in [6.07, 6.45) is 3.64. The van der Waals surface area contributed by atoms with Crippen LogP contribution >= 0.6 is 22.9 Å². The van der Waals surface area contributed by atoms with Crippen LogP contribution < -0.4 is 0 Å². The zero-order valence-corrected chi connectivity index (χ0v) is 14.3. The van der Waals surface area contributed by atoms with E-state index in [1.54, 1.807) is 12.1 Å². The molecule has 1 aromatic heterocycles. The molecule has 4 nitrogen and oxygen atoms in total. The van der Waals surface area contributed by atoms with Crippen LogP contribution in [0.3, 0.4) is 0 Å². The van der Waals surface area contributed by atoms with Crippen molar-refractivity contribution in [2.45, 2.75) is 6.92 Å². The van der Waals surface area contributed by atoms with Gasteiger partial charge in [-0.05, 0) is 24.6 Å². The topological polar surface area (TPSA) is 56.0 Å². The van der Waals surface area contributed by atoms with E-state index in [2.05, 4.69) is 17.1 Å². The lowest BCUT2D eigenvalue weighted by atomic mass is 10.1. The van der Waals surface area contributed by atoms with E-state index in [0.29, 0.717) is 5.56 Å². The van der Waals surface area contributed by atoms with E-state index in [1.807, 2.05) is 30.5 Å². The lowest BCUT2D eigenvalue weighted by Gasteiger charge is -1.97. The number of nitro groups is 1. The molecule has 0 amide bonds. The van der Waals surface area contributed by atoms with Gasteiger partial charge in [0, 0.05) is 17.0 Å². The average Bonchev–Trinajstić information content (AvgIpc) is 3.03. The van der Waals surface area contributed by atoms with Crippen LogP contribution in [0.4, 0.5) is 5.69 Å². The molecule has 0 fully saturated rings. The summed E-state index contributed by atoms with van der Waals surface area (Å²) in [5.41, 5.74) is 3.80. The van der Waals surface area contributed by atoms with Gasteiger partial charge in [-0.15, -0.1) is 11.3 Å². The minimum atomic E-state index is -0.488. The summed E-state index contributed by atoms with van der Waals surface area (Å²) < 4.78 is 0. The molecule has 0 saturated heterocycles. The number of aryl methyl sites for hydroxylation is 1. The molecule has 0 aliphatic carbocycles. The van der Waals surface area contributed by atoms with Gasteiger partial charge >= 0.3 is 0 Å². The van der Waals surface area contributed by atoms with Crippen molar-refractivity contribution in [3.63, 3.8) is 0 Å². The summed E-state index contributed by atoms with van der Waals surface area (Å²) in [4.78, 5) is 15.0. The summed E-state index contributed by atoms with van der Waals surface area (Å²) in [6, 6.07) is 12.9. The van der Waals surface area contributed by atoms with E-state index < -0.39 is 4.92 Å². The lowest BCUT2D eigenvalue weighted by molar-refractivity contribution is -0.384. The number of halogens is 1. The van der Waals surface area contributed by atoms with Crippen LogP contribution in [-0.4, -0.2) is 9.91 Å². The van der Waals surface area contributed by atoms with Crippen LogP contribution in [0.15, 0.2) is 47.8 Å². The summed E-state index contributed by atoms with van der Waals surface area (Å²) in [5, 5.41) is 13.9. The van der Waals surface area contributed by atoms with Gasteiger partial charge in [0.25, 0.3) is 5.69 Å². The summed E-state index contributed by atoms with van der Waals surface area (Å²) in [5.74, 6) is 0. The van der Waals surface area contributed by atoms with Gasteiger partial charge in [-0.25, -0.2) is 4.98 Å². The van der Waals surface area contributed by atoms with Crippen LogP contribution in [0, 0.1) is 17.0 Å². The maximum atomic E-state index is 10.9. The average molecular weight is 357 g/mol. The van der Waals surface area contributed by atoms with Gasteiger partial charge in [-0.3, -0.25) is 10.1 Å². The number of hydrogen-bond donors (Lipinski definition) is 0. The fraction of sp³-hybridized carbons (Fsp3) is 0.0556. The van der Waals surface area contributed by atoms with Gasteiger partial charge in [-0.1, -0.05) is 53.6 Å². The van der Waals surface area contributed by atoms with Crippen LogP contribution in [0.5, 0.6) is 0 Å². The largest absolute Gasteiger partial charge is 0.288 e. The van der Waals surface area contributed by atoms with Crippen molar-refractivity contribution in [1.29, 1.82) is 0 Å². The van der Waals surface area contributed by atoms with Gasteiger partial charge in [0.1, 0.15) is 10.0 Å². The molecule has 0 bridgehead atoms. The summed E-state index contributed by atoms with van der Waals surface area (Å²) >= 11 is 7.34. The first-order valence-corrected chi connectivity index (χ1v) is 8.43. The van der Waals surface area contributed by atoms with E-state index in [-0.39, 0.29) is 10.7 Å². The van der Waals surface area contributed by atoms with Crippen molar-refractivity contribution in [1.82, 2.24) is 4.98 Å². The minimum absolute atomic E-state index is 0.0988. The number of rotatable bonds is 4. The first-order valence-electron chi connectivity index (χ1n) is 7.17. The third-order valence-corrected chi connectivity index (χ3v) is 4.58. The second-order valence-corrected chi connectivity index (χ2v) is 6.54. The van der Waals surface area contributed by atoms with Crippen molar-refractivity contribution < 1.29 is 4.92 Å². The molecule has 1 heterocycles. The highest BCUT2D eigenvalue weighted by Gasteiger charge is 2.11. The highest BCUT2D eigenvalue weighted by molar-refractivity contribution is 7.10. The van der Waals surface area contributed by atoms with Crippen LogP contribution in [0.1, 0.15) is 16.1 Å². The van der Waals surface area contributed by atoms with E-state index >= 15 is 0 Å². The van der Waals surface area contributed by atoms with E-state index in [0.717, 1.165) is 16.3 Å². The molecule has 6 heteroatoms. The Kier molecular flexibility index (Phi) is 4.74. The summed E-state index contributed by atoms with van der Waals surface area (Å²) in [6.45, 7) is 2.05. The number of nitro benzene ring substituents is 1. The highest BCUT2D eigenvalue weighted by Crippen LogP contribution is 2.27. The number of benzene rings is 2. The molecule has 24 heavy (non-hydrogen) atoms. The maximum Gasteiger partial charge on any atom is 0.288 e. The molecule has 0 unspecified atom stereocenters. The number of nitrogens with zero attached hydrogens (tertiary/aromatic N) is 2. The van der Waals surface area contributed by atoms with Gasteiger partial charge in [0.05, 0.1) is 10.6 Å². The molecule has 3 rings (SSSR count). The first kappa shape index (κ1) is 16.4. The molecule has 0 aliphatic heterocycles. The lowest BCUT2D eigenvalue weighted by Crippen LogP contribution is -1.89. The Labute approximate surface area is 148 Å². The third-order valence-electron chi connectivity index (χ3n) is 3.45. The van der Waals surface area contributed by atoms with Crippen molar-refractivity contribution in [2.75, 3.05) is 0 Å². The second-order valence-electron chi connectivity index (χ2n) is 5.24. The number of aromatic nitrogens is 1. The molecular weight excluding hydrogens is 344 g/mol. The Balaban J connectivity index is 1.82. The normalized spacial score (nSPS) is 11.1. The smallest absolute Gasteiger partial charge is 0.258 e. The third kappa shape index (κ3) is 3.69. The fourth-order valence-corrected chi connectivity index (χ4v) is 3.07. The standard InChI is InChI=1S/C18H13ClN2O2S/c1-12-2-6-14(7-3-12)16-11-24-18(20-16)9-5-13-4-8-15(19)17(10-13)21(22)23/h2-11H,1H3. The van der Waals surface area contributed by atoms with E-state index in [1.165, 1.54) is 29.0 Å². The van der Waals surface area contributed by atoms with E-state index in [4.69, 9.17) is 11.6 Å². The predicted octanol–water partition coefficient (Wildman–Crippen LogP) is 5.85. The number of hydrogen-bond acceptors (Lipinski definition) is 4. The van der Waals surface area contributed by atoms with Gasteiger partial charge in [0.2, 0.25) is 0 Å². The molecule has 0 spiro atoms. The SMILES string of the molecule is Cc1ccc(-c2csc(C=Cc3ccc(Cl)c([N+](=O)[O-])c3)n2)cc1. The molecule has 0 saturated carbocycles. The highest BCUT2D eigenvalue weighted by atomic mass is 35.5. The minimum Gasteiger partial charge on any atom is -0.258 e. The quantitative estimate of drug-likeness (QED) is 0.435. The molecule has 120 valence electrons. The fourth-order valence-electron chi connectivity index (χ4n) is 2.16. The van der Waals surface area contributed by atoms with Crippen molar-refractivity contribution in [2.24, 2.45) is 0 Å². The Morgan fingerprint density at radius 2 is 1.92 bits per heavy atom. The van der Waals surface area contributed by atoms with Crippen molar-refractivity contribution >= 4 is 40.8 Å². The van der Waals surface area contributed by atoms with Crippen molar-refractivity contribution in [3.8, 4) is 11.3 Å². The Morgan fingerprint density at radius 3 is 2.62 bits per heavy atom. The van der Waals surface area contributed by atoms with Crippen LogP contribution in [0.25, 0.3) is 23.4 Å².